The zero-order valence-corrected chi connectivity index (χ0v) is 13.1. The largest absolute Gasteiger partial charge is 0.290 e. The standard InChI is InChI=1S/C15H14N2OS2/c1-9-11-13(16-15(19-3)17(2)14(11)18)20-12(9)10-7-5-4-6-8-10/h4-8H,1-3H3. The van der Waals surface area contributed by atoms with Crippen molar-refractivity contribution in [3.63, 3.8) is 0 Å². The molecule has 20 heavy (non-hydrogen) atoms. The summed E-state index contributed by atoms with van der Waals surface area (Å²) in [6.07, 6.45) is 1.94. The van der Waals surface area contributed by atoms with E-state index in [-0.39, 0.29) is 5.56 Å². The van der Waals surface area contributed by atoms with Gasteiger partial charge in [0.1, 0.15) is 4.83 Å². The van der Waals surface area contributed by atoms with E-state index in [4.69, 9.17) is 0 Å². The number of thiophene rings is 1. The van der Waals surface area contributed by atoms with E-state index in [0.29, 0.717) is 0 Å². The molecule has 0 aliphatic rings. The fourth-order valence-electron chi connectivity index (χ4n) is 2.29. The smallest absolute Gasteiger partial charge is 0.262 e. The number of hydrogen-bond acceptors (Lipinski definition) is 4. The van der Waals surface area contributed by atoms with Crippen molar-refractivity contribution < 1.29 is 0 Å². The maximum atomic E-state index is 12.5. The molecule has 0 bridgehead atoms. The first kappa shape index (κ1) is 13.4. The lowest BCUT2D eigenvalue weighted by Gasteiger charge is -2.03. The zero-order chi connectivity index (χ0) is 14.3. The van der Waals surface area contributed by atoms with Crippen molar-refractivity contribution in [2.24, 2.45) is 7.05 Å². The molecule has 102 valence electrons. The first-order chi connectivity index (χ1) is 9.63. The Balaban J connectivity index is 2.36. The fourth-order valence-corrected chi connectivity index (χ4v) is 4.07. The van der Waals surface area contributed by atoms with Crippen LogP contribution in [0.1, 0.15) is 5.56 Å². The Bertz CT molecular complexity index is 834. The number of thioether (sulfide) groups is 1. The van der Waals surface area contributed by atoms with Gasteiger partial charge in [0.25, 0.3) is 5.56 Å². The molecule has 5 heteroatoms. The average molecular weight is 302 g/mol. The highest BCUT2D eigenvalue weighted by molar-refractivity contribution is 7.98. The van der Waals surface area contributed by atoms with Gasteiger partial charge < -0.3 is 0 Å². The highest BCUT2D eigenvalue weighted by Crippen LogP contribution is 2.36. The van der Waals surface area contributed by atoms with E-state index in [9.17, 15) is 4.79 Å². The van der Waals surface area contributed by atoms with Gasteiger partial charge in [-0.25, -0.2) is 4.98 Å². The van der Waals surface area contributed by atoms with E-state index in [0.717, 1.165) is 31.4 Å². The van der Waals surface area contributed by atoms with E-state index in [1.165, 1.54) is 11.8 Å². The van der Waals surface area contributed by atoms with Crippen LogP contribution in [0.15, 0.2) is 40.3 Å². The van der Waals surface area contributed by atoms with Crippen molar-refractivity contribution in [2.75, 3.05) is 6.26 Å². The van der Waals surface area contributed by atoms with Gasteiger partial charge >= 0.3 is 0 Å². The van der Waals surface area contributed by atoms with Crippen LogP contribution in [0, 0.1) is 6.92 Å². The second-order valence-electron chi connectivity index (χ2n) is 4.57. The number of aryl methyl sites for hydroxylation is 1. The van der Waals surface area contributed by atoms with Gasteiger partial charge in [0.05, 0.1) is 5.39 Å². The molecule has 0 N–H and O–H groups in total. The second-order valence-corrected chi connectivity index (χ2v) is 6.34. The Labute approximate surface area is 125 Å². The summed E-state index contributed by atoms with van der Waals surface area (Å²) in [5.41, 5.74) is 2.20. The first-order valence-electron chi connectivity index (χ1n) is 6.23. The summed E-state index contributed by atoms with van der Waals surface area (Å²) in [5, 5.41) is 1.50. The van der Waals surface area contributed by atoms with Crippen molar-refractivity contribution in [2.45, 2.75) is 12.1 Å². The Kier molecular flexibility index (Phi) is 3.40. The number of benzene rings is 1. The van der Waals surface area contributed by atoms with E-state index in [2.05, 4.69) is 17.1 Å². The minimum Gasteiger partial charge on any atom is -0.290 e. The molecule has 3 aromatic rings. The molecule has 2 heterocycles. The van der Waals surface area contributed by atoms with Crippen LogP contribution in [0.25, 0.3) is 20.7 Å². The molecule has 0 atom stereocenters. The Hall–Kier alpha value is -1.59. The van der Waals surface area contributed by atoms with Crippen LogP contribution < -0.4 is 5.56 Å². The van der Waals surface area contributed by atoms with Crippen molar-refractivity contribution in [3.05, 3.63) is 46.2 Å². The molecule has 3 nitrogen and oxygen atoms in total. The summed E-state index contributed by atoms with van der Waals surface area (Å²) in [5.74, 6) is 0. The maximum absolute atomic E-state index is 12.5. The van der Waals surface area contributed by atoms with Crippen LogP contribution in [0.3, 0.4) is 0 Å². The molecule has 0 saturated carbocycles. The number of fused-ring (bicyclic) bond motifs is 1. The summed E-state index contributed by atoms with van der Waals surface area (Å²) in [4.78, 5) is 19.1. The van der Waals surface area contributed by atoms with E-state index in [1.54, 1.807) is 23.0 Å². The number of aromatic nitrogens is 2. The fraction of sp³-hybridized carbons (Fsp3) is 0.200. The van der Waals surface area contributed by atoms with Gasteiger partial charge in [0.2, 0.25) is 0 Å². The molecule has 0 spiro atoms. The van der Waals surface area contributed by atoms with Gasteiger partial charge in [-0.1, -0.05) is 42.1 Å². The Morgan fingerprint density at radius 1 is 1.25 bits per heavy atom. The molecule has 2 aromatic heterocycles. The normalized spacial score (nSPS) is 11.2. The van der Waals surface area contributed by atoms with Gasteiger partial charge in [0.15, 0.2) is 5.16 Å². The van der Waals surface area contributed by atoms with Crippen LogP contribution in [0.5, 0.6) is 0 Å². The van der Waals surface area contributed by atoms with Crippen molar-refractivity contribution >= 4 is 33.3 Å². The maximum Gasteiger partial charge on any atom is 0.262 e. The van der Waals surface area contributed by atoms with Crippen molar-refractivity contribution in [1.29, 1.82) is 0 Å². The molecule has 0 unspecified atom stereocenters. The summed E-state index contributed by atoms with van der Waals surface area (Å²) in [6.45, 7) is 2.00. The number of nitrogens with zero attached hydrogens (tertiary/aromatic N) is 2. The van der Waals surface area contributed by atoms with E-state index in [1.807, 2.05) is 31.4 Å². The third kappa shape index (κ3) is 1.98. The van der Waals surface area contributed by atoms with Crippen LogP contribution in [0.2, 0.25) is 0 Å². The molecule has 0 saturated heterocycles. The van der Waals surface area contributed by atoms with Crippen molar-refractivity contribution in [3.8, 4) is 10.4 Å². The predicted octanol–water partition coefficient (Wildman–Crippen LogP) is 3.69. The molecular weight excluding hydrogens is 288 g/mol. The third-order valence-electron chi connectivity index (χ3n) is 3.35. The SMILES string of the molecule is CSc1nc2sc(-c3ccccc3)c(C)c2c(=O)n1C. The molecule has 0 fully saturated rings. The van der Waals surface area contributed by atoms with Crippen LogP contribution >= 0.6 is 23.1 Å². The molecule has 0 aliphatic heterocycles. The Morgan fingerprint density at radius 2 is 1.95 bits per heavy atom. The number of rotatable bonds is 2. The van der Waals surface area contributed by atoms with Gasteiger partial charge in [0, 0.05) is 11.9 Å². The molecule has 0 amide bonds. The summed E-state index contributed by atoms with van der Waals surface area (Å²) < 4.78 is 1.63. The lowest BCUT2D eigenvalue weighted by molar-refractivity contribution is 0.729. The molecule has 1 aromatic carbocycles. The second kappa shape index (κ2) is 5.07. The van der Waals surface area contributed by atoms with E-state index >= 15 is 0 Å². The van der Waals surface area contributed by atoms with Gasteiger partial charge in [-0.2, -0.15) is 0 Å². The number of hydrogen-bond donors (Lipinski definition) is 0. The van der Waals surface area contributed by atoms with Gasteiger partial charge in [-0.3, -0.25) is 9.36 Å². The first-order valence-corrected chi connectivity index (χ1v) is 8.27. The molecule has 0 radical (unpaired) electrons. The lowest BCUT2D eigenvalue weighted by Crippen LogP contribution is -2.19. The molecule has 3 rings (SSSR count). The molecular formula is C15H14N2OS2. The Morgan fingerprint density at radius 3 is 2.60 bits per heavy atom. The summed E-state index contributed by atoms with van der Waals surface area (Å²) in [7, 11) is 1.78. The topological polar surface area (TPSA) is 34.9 Å². The van der Waals surface area contributed by atoms with Crippen LogP contribution in [-0.4, -0.2) is 15.8 Å². The summed E-state index contributed by atoms with van der Waals surface area (Å²) in [6, 6.07) is 10.2. The summed E-state index contributed by atoms with van der Waals surface area (Å²) >= 11 is 3.09. The monoisotopic (exact) mass is 302 g/mol. The highest BCUT2D eigenvalue weighted by Gasteiger charge is 2.16. The van der Waals surface area contributed by atoms with Crippen molar-refractivity contribution in [1.82, 2.24) is 9.55 Å². The van der Waals surface area contributed by atoms with Crippen LogP contribution in [-0.2, 0) is 7.05 Å². The van der Waals surface area contributed by atoms with Crippen LogP contribution in [0.4, 0.5) is 0 Å². The van der Waals surface area contributed by atoms with Gasteiger partial charge in [-0.05, 0) is 24.3 Å². The molecule has 0 aliphatic carbocycles. The minimum absolute atomic E-state index is 0.0373. The highest BCUT2D eigenvalue weighted by atomic mass is 32.2. The average Bonchev–Trinajstić information content (AvgIpc) is 2.81. The lowest BCUT2D eigenvalue weighted by atomic mass is 10.1. The van der Waals surface area contributed by atoms with E-state index < -0.39 is 0 Å². The minimum atomic E-state index is 0.0373. The predicted molar refractivity (Wildman–Crippen MR) is 86.8 cm³/mol. The zero-order valence-electron chi connectivity index (χ0n) is 11.5. The van der Waals surface area contributed by atoms with Gasteiger partial charge in [-0.15, -0.1) is 11.3 Å². The quantitative estimate of drug-likeness (QED) is 0.535. The third-order valence-corrected chi connectivity index (χ3v) is 5.31.